The molecule has 3 rings (SSSR count). The standard InChI is InChI=1S/C12H10N4O2/c1-7-2-3-9(17)8(6-7)12-15-11(16-18-12)10-13-4-5-14-10/h2-6,17H,1H3,(H,13,14). The topological polar surface area (TPSA) is 87.8 Å². The Bertz CT molecular complexity index is 673. The summed E-state index contributed by atoms with van der Waals surface area (Å²) in [6.07, 6.45) is 3.28. The quantitative estimate of drug-likeness (QED) is 0.718. The fourth-order valence-corrected chi connectivity index (χ4v) is 1.64. The number of rotatable bonds is 2. The molecule has 0 aliphatic carbocycles. The van der Waals surface area contributed by atoms with Gasteiger partial charge in [0.15, 0.2) is 5.82 Å². The Morgan fingerprint density at radius 3 is 3.00 bits per heavy atom. The molecule has 0 fully saturated rings. The fourth-order valence-electron chi connectivity index (χ4n) is 1.64. The molecule has 0 spiro atoms. The summed E-state index contributed by atoms with van der Waals surface area (Å²) >= 11 is 0. The first-order valence-electron chi connectivity index (χ1n) is 5.37. The highest BCUT2D eigenvalue weighted by Crippen LogP contribution is 2.29. The van der Waals surface area contributed by atoms with Gasteiger partial charge in [0.25, 0.3) is 5.89 Å². The smallest absolute Gasteiger partial charge is 0.262 e. The Kier molecular flexibility index (Phi) is 2.33. The number of aromatic amines is 1. The first kappa shape index (κ1) is 10.5. The summed E-state index contributed by atoms with van der Waals surface area (Å²) in [6.45, 7) is 1.92. The molecule has 18 heavy (non-hydrogen) atoms. The van der Waals surface area contributed by atoms with Crippen molar-refractivity contribution >= 4 is 0 Å². The van der Waals surface area contributed by atoms with Crippen LogP contribution in [0.4, 0.5) is 0 Å². The normalized spacial score (nSPS) is 10.7. The van der Waals surface area contributed by atoms with Crippen LogP contribution in [-0.4, -0.2) is 25.2 Å². The number of aromatic nitrogens is 4. The molecule has 0 aliphatic heterocycles. The SMILES string of the molecule is Cc1ccc(O)c(-c2nc(-c3ncc[nH]3)no2)c1. The second-order valence-corrected chi connectivity index (χ2v) is 3.88. The summed E-state index contributed by atoms with van der Waals surface area (Å²) in [4.78, 5) is 11.1. The number of aromatic hydroxyl groups is 1. The maximum absolute atomic E-state index is 9.78. The molecular formula is C12H10N4O2. The van der Waals surface area contributed by atoms with Crippen molar-refractivity contribution in [2.24, 2.45) is 0 Å². The number of nitrogens with one attached hydrogen (secondary N) is 1. The monoisotopic (exact) mass is 242 g/mol. The number of benzene rings is 1. The third-order valence-electron chi connectivity index (χ3n) is 2.52. The molecule has 0 bridgehead atoms. The molecule has 0 unspecified atom stereocenters. The van der Waals surface area contributed by atoms with Gasteiger partial charge in [0.2, 0.25) is 5.82 Å². The molecule has 6 heteroatoms. The molecule has 2 aromatic heterocycles. The zero-order chi connectivity index (χ0) is 12.5. The van der Waals surface area contributed by atoms with Crippen LogP contribution in [0.5, 0.6) is 5.75 Å². The van der Waals surface area contributed by atoms with E-state index in [4.69, 9.17) is 4.52 Å². The average molecular weight is 242 g/mol. The average Bonchev–Trinajstić information content (AvgIpc) is 3.00. The lowest BCUT2D eigenvalue weighted by Gasteiger charge is -1.99. The van der Waals surface area contributed by atoms with Crippen molar-refractivity contribution in [1.82, 2.24) is 20.1 Å². The summed E-state index contributed by atoms with van der Waals surface area (Å²) < 4.78 is 5.13. The highest BCUT2D eigenvalue weighted by Gasteiger charge is 2.15. The van der Waals surface area contributed by atoms with Gasteiger partial charge < -0.3 is 14.6 Å². The van der Waals surface area contributed by atoms with Gasteiger partial charge in [0.05, 0.1) is 5.56 Å². The van der Waals surface area contributed by atoms with E-state index in [1.165, 1.54) is 0 Å². The molecule has 0 radical (unpaired) electrons. The van der Waals surface area contributed by atoms with E-state index < -0.39 is 0 Å². The summed E-state index contributed by atoms with van der Waals surface area (Å²) in [5.74, 6) is 1.26. The predicted octanol–water partition coefficient (Wildman–Crippen LogP) is 2.14. The maximum Gasteiger partial charge on any atom is 0.262 e. The predicted molar refractivity (Wildman–Crippen MR) is 63.7 cm³/mol. The number of H-pyrrole nitrogens is 1. The van der Waals surface area contributed by atoms with Gasteiger partial charge in [-0.1, -0.05) is 16.8 Å². The lowest BCUT2D eigenvalue weighted by Crippen LogP contribution is -1.84. The molecule has 90 valence electrons. The molecule has 0 amide bonds. The molecule has 0 saturated carbocycles. The second kappa shape index (κ2) is 3.99. The van der Waals surface area contributed by atoms with Gasteiger partial charge in [-0.25, -0.2) is 4.98 Å². The second-order valence-electron chi connectivity index (χ2n) is 3.88. The number of aryl methyl sites for hydroxylation is 1. The van der Waals surface area contributed by atoms with Gasteiger partial charge in [-0.3, -0.25) is 0 Å². The molecule has 6 nitrogen and oxygen atoms in total. The van der Waals surface area contributed by atoms with E-state index in [1.54, 1.807) is 24.5 Å². The minimum Gasteiger partial charge on any atom is -0.507 e. The van der Waals surface area contributed by atoms with E-state index in [0.29, 0.717) is 17.2 Å². The van der Waals surface area contributed by atoms with Gasteiger partial charge in [-0.2, -0.15) is 4.98 Å². The van der Waals surface area contributed by atoms with Crippen LogP contribution in [0.1, 0.15) is 5.56 Å². The van der Waals surface area contributed by atoms with Crippen molar-refractivity contribution in [3.63, 3.8) is 0 Å². The van der Waals surface area contributed by atoms with Crippen molar-refractivity contribution in [2.45, 2.75) is 6.92 Å². The Balaban J connectivity index is 2.05. The number of hydrogen-bond acceptors (Lipinski definition) is 5. The molecule has 0 aliphatic rings. The fraction of sp³-hybridized carbons (Fsp3) is 0.0833. The molecule has 1 aromatic carbocycles. The van der Waals surface area contributed by atoms with Crippen molar-refractivity contribution in [2.75, 3.05) is 0 Å². The minimum atomic E-state index is 0.107. The van der Waals surface area contributed by atoms with Gasteiger partial charge in [0, 0.05) is 12.4 Å². The van der Waals surface area contributed by atoms with Gasteiger partial charge in [-0.15, -0.1) is 0 Å². The Morgan fingerprint density at radius 2 is 2.22 bits per heavy atom. The van der Waals surface area contributed by atoms with Crippen LogP contribution in [-0.2, 0) is 0 Å². The Morgan fingerprint density at radius 1 is 1.33 bits per heavy atom. The highest BCUT2D eigenvalue weighted by atomic mass is 16.5. The van der Waals surface area contributed by atoms with Crippen molar-refractivity contribution in [3.05, 3.63) is 36.2 Å². The Labute approximate surface area is 102 Å². The van der Waals surface area contributed by atoms with Crippen molar-refractivity contribution in [3.8, 4) is 28.9 Å². The number of nitrogens with zero attached hydrogens (tertiary/aromatic N) is 3. The third-order valence-corrected chi connectivity index (χ3v) is 2.52. The van der Waals surface area contributed by atoms with Crippen LogP contribution >= 0.6 is 0 Å². The third kappa shape index (κ3) is 1.73. The first-order chi connectivity index (χ1) is 8.74. The van der Waals surface area contributed by atoms with E-state index >= 15 is 0 Å². The highest BCUT2D eigenvalue weighted by molar-refractivity contribution is 5.64. The lowest BCUT2D eigenvalue weighted by molar-refractivity contribution is 0.425. The van der Waals surface area contributed by atoms with Crippen LogP contribution in [0.25, 0.3) is 23.1 Å². The summed E-state index contributed by atoms with van der Waals surface area (Å²) in [5, 5.41) is 13.6. The van der Waals surface area contributed by atoms with Crippen LogP contribution in [0.15, 0.2) is 35.1 Å². The number of phenols is 1. The number of imidazole rings is 1. The molecule has 3 aromatic rings. The van der Waals surface area contributed by atoms with E-state index in [2.05, 4.69) is 20.1 Å². The molecule has 0 saturated heterocycles. The Hall–Kier alpha value is -2.63. The van der Waals surface area contributed by atoms with E-state index in [1.807, 2.05) is 13.0 Å². The van der Waals surface area contributed by atoms with Gasteiger partial charge in [-0.05, 0) is 19.1 Å². The molecule has 0 atom stereocenters. The summed E-state index contributed by atoms with van der Waals surface area (Å²) in [6, 6.07) is 5.19. The van der Waals surface area contributed by atoms with Gasteiger partial charge in [0.1, 0.15) is 5.75 Å². The molecule has 2 heterocycles. The van der Waals surface area contributed by atoms with E-state index in [0.717, 1.165) is 5.56 Å². The number of hydrogen-bond donors (Lipinski definition) is 2. The zero-order valence-electron chi connectivity index (χ0n) is 9.58. The van der Waals surface area contributed by atoms with Gasteiger partial charge >= 0.3 is 0 Å². The van der Waals surface area contributed by atoms with Crippen LogP contribution in [0, 0.1) is 6.92 Å². The minimum absolute atomic E-state index is 0.107. The number of phenolic OH excluding ortho intramolecular Hbond substituents is 1. The zero-order valence-corrected chi connectivity index (χ0v) is 9.58. The maximum atomic E-state index is 9.78. The summed E-state index contributed by atoms with van der Waals surface area (Å²) in [5.41, 5.74) is 1.51. The van der Waals surface area contributed by atoms with Crippen LogP contribution in [0.2, 0.25) is 0 Å². The molecular weight excluding hydrogens is 232 g/mol. The summed E-state index contributed by atoms with van der Waals surface area (Å²) in [7, 11) is 0. The van der Waals surface area contributed by atoms with E-state index in [9.17, 15) is 5.11 Å². The molecule has 2 N–H and O–H groups in total. The first-order valence-corrected chi connectivity index (χ1v) is 5.37. The lowest BCUT2D eigenvalue weighted by atomic mass is 10.1. The van der Waals surface area contributed by atoms with Crippen LogP contribution in [0.3, 0.4) is 0 Å². The largest absolute Gasteiger partial charge is 0.507 e. The van der Waals surface area contributed by atoms with E-state index in [-0.39, 0.29) is 11.6 Å². The van der Waals surface area contributed by atoms with Crippen LogP contribution < -0.4 is 0 Å². The van der Waals surface area contributed by atoms with Crippen molar-refractivity contribution in [1.29, 1.82) is 0 Å². The van der Waals surface area contributed by atoms with Crippen molar-refractivity contribution < 1.29 is 9.63 Å².